The van der Waals surface area contributed by atoms with Crippen molar-refractivity contribution in [3.8, 4) is 0 Å². The first-order valence-electron chi connectivity index (χ1n) is 4.12. The van der Waals surface area contributed by atoms with Crippen molar-refractivity contribution in [2.75, 3.05) is 0 Å². The van der Waals surface area contributed by atoms with Crippen LogP contribution in [0.1, 0.15) is 30.9 Å². The molecule has 60 valence electrons. The van der Waals surface area contributed by atoms with Gasteiger partial charge in [-0.3, -0.25) is 0 Å². The molecule has 1 aromatic rings. The molecule has 3 N–H and O–H groups in total. The van der Waals surface area contributed by atoms with Gasteiger partial charge >= 0.3 is 0 Å². The van der Waals surface area contributed by atoms with Crippen molar-refractivity contribution in [2.45, 2.75) is 26.3 Å². The van der Waals surface area contributed by atoms with Crippen molar-refractivity contribution >= 4 is 0 Å². The van der Waals surface area contributed by atoms with E-state index in [-0.39, 0.29) is 0 Å². The Morgan fingerprint density at radius 3 is 2.09 bits per heavy atom. The molecule has 0 unspecified atom stereocenters. The van der Waals surface area contributed by atoms with E-state index in [1.807, 2.05) is 0 Å². The summed E-state index contributed by atoms with van der Waals surface area (Å²) in [5.41, 5.74) is 6.55. The standard InChI is InChI=1S/C10H15N/c1-8(2)10-5-3-9(7-11)4-6-10/h3-6,8H,7,11H2,1-2H3/p+1. The molecule has 0 saturated heterocycles. The zero-order chi connectivity index (χ0) is 8.27. The van der Waals surface area contributed by atoms with E-state index in [2.05, 4.69) is 43.8 Å². The van der Waals surface area contributed by atoms with E-state index in [1.54, 1.807) is 0 Å². The van der Waals surface area contributed by atoms with Gasteiger partial charge in [-0.2, -0.15) is 0 Å². The van der Waals surface area contributed by atoms with Crippen LogP contribution in [0.3, 0.4) is 0 Å². The summed E-state index contributed by atoms with van der Waals surface area (Å²) in [6.07, 6.45) is 0. The van der Waals surface area contributed by atoms with Crippen LogP contribution in [0, 0.1) is 0 Å². The van der Waals surface area contributed by atoms with Gasteiger partial charge in [-0.25, -0.2) is 0 Å². The van der Waals surface area contributed by atoms with Gasteiger partial charge < -0.3 is 5.73 Å². The lowest BCUT2D eigenvalue weighted by Crippen LogP contribution is -2.47. The van der Waals surface area contributed by atoms with Crippen LogP contribution in [-0.4, -0.2) is 0 Å². The Labute approximate surface area is 68.2 Å². The van der Waals surface area contributed by atoms with E-state index in [1.165, 1.54) is 11.1 Å². The maximum absolute atomic E-state index is 3.83. The fourth-order valence-corrected chi connectivity index (χ4v) is 1.07. The van der Waals surface area contributed by atoms with Gasteiger partial charge in [0, 0.05) is 5.56 Å². The van der Waals surface area contributed by atoms with Crippen molar-refractivity contribution < 1.29 is 5.73 Å². The van der Waals surface area contributed by atoms with Gasteiger partial charge in [-0.15, -0.1) is 0 Å². The van der Waals surface area contributed by atoms with E-state index in [4.69, 9.17) is 0 Å². The van der Waals surface area contributed by atoms with Crippen LogP contribution in [0.2, 0.25) is 0 Å². The minimum Gasteiger partial charge on any atom is -0.354 e. The molecule has 0 aliphatic carbocycles. The molecule has 0 radical (unpaired) electrons. The first-order valence-corrected chi connectivity index (χ1v) is 4.12. The first kappa shape index (κ1) is 8.28. The predicted molar refractivity (Wildman–Crippen MR) is 47.1 cm³/mol. The van der Waals surface area contributed by atoms with Crippen LogP contribution < -0.4 is 5.73 Å². The third-order valence-corrected chi connectivity index (χ3v) is 1.94. The van der Waals surface area contributed by atoms with E-state index in [0.717, 1.165) is 6.54 Å². The molecule has 0 saturated carbocycles. The van der Waals surface area contributed by atoms with Crippen LogP contribution >= 0.6 is 0 Å². The van der Waals surface area contributed by atoms with Crippen molar-refractivity contribution in [1.82, 2.24) is 0 Å². The average molecular weight is 150 g/mol. The van der Waals surface area contributed by atoms with Gasteiger partial charge in [0.15, 0.2) is 0 Å². The maximum atomic E-state index is 3.83. The van der Waals surface area contributed by atoms with E-state index in [0.29, 0.717) is 5.92 Å². The summed E-state index contributed by atoms with van der Waals surface area (Å²) in [4.78, 5) is 0. The Balaban J connectivity index is 2.83. The minimum absolute atomic E-state index is 0.633. The lowest BCUT2D eigenvalue weighted by molar-refractivity contribution is -0.386. The Morgan fingerprint density at radius 2 is 1.73 bits per heavy atom. The highest BCUT2D eigenvalue weighted by molar-refractivity contribution is 5.23. The van der Waals surface area contributed by atoms with Crippen LogP contribution in [0.4, 0.5) is 0 Å². The zero-order valence-electron chi connectivity index (χ0n) is 7.30. The molecule has 1 rings (SSSR count). The number of rotatable bonds is 2. The molecule has 0 spiro atoms. The Hall–Kier alpha value is -0.820. The summed E-state index contributed by atoms with van der Waals surface area (Å²) in [6.45, 7) is 5.30. The third-order valence-electron chi connectivity index (χ3n) is 1.94. The predicted octanol–water partition coefficient (Wildman–Crippen LogP) is 1.55. The van der Waals surface area contributed by atoms with Gasteiger partial charge in [-0.1, -0.05) is 38.1 Å². The van der Waals surface area contributed by atoms with Gasteiger partial charge in [-0.05, 0) is 11.5 Å². The van der Waals surface area contributed by atoms with Gasteiger partial charge in [0.1, 0.15) is 0 Å². The molecular formula is C10H16N+. The quantitative estimate of drug-likeness (QED) is 0.662. The Kier molecular flexibility index (Phi) is 2.66. The molecule has 0 fully saturated rings. The smallest absolute Gasteiger partial charge is 0.0997 e. The van der Waals surface area contributed by atoms with Crippen LogP contribution in [0.15, 0.2) is 24.3 Å². The third kappa shape index (κ3) is 2.05. The SMILES string of the molecule is CC(C)c1ccc(C[NH3+])cc1. The summed E-state index contributed by atoms with van der Waals surface area (Å²) < 4.78 is 0. The zero-order valence-corrected chi connectivity index (χ0v) is 7.30. The molecule has 0 aliphatic heterocycles. The van der Waals surface area contributed by atoms with E-state index in [9.17, 15) is 0 Å². The topological polar surface area (TPSA) is 27.6 Å². The van der Waals surface area contributed by atoms with Crippen molar-refractivity contribution in [2.24, 2.45) is 0 Å². The summed E-state index contributed by atoms with van der Waals surface area (Å²) in [7, 11) is 0. The normalized spacial score (nSPS) is 10.5. The van der Waals surface area contributed by atoms with Crippen molar-refractivity contribution in [1.29, 1.82) is 0 Å². The monoisotopic (exact) mass is 150 g/mol. The summed E-state index contributed by atoms with van der Waals surface area (Å²) in [5.74, 6) is 0.633. The second-order valence-corrected chi connectivity index (χ2v) is 3.15. The fourth-order valence-electron chi connectivity index (χ4n) is 1.07. The molecule has 1 aromatic carbocycles. The average Bonchev–Trinajstić information content (AvgIpc) is 2.05. The number of benzene rings is 1. The molecule has 0 heterocycles. The number of hydrogen-bond acceptors (Lipinski definition) is 0. The lowest BCUT2D eigenvalue weighted by atomic mass is 10.0. The number of hydrogen-bond donors (Lipinski definition) is 1. The molecular weight excluding hydrogens is 134 g/mol. The van der Waals surface area contributed by atoms with Crippen molar-refractivity contribution in [3.05, 3.63) is 35.4 Å². The minimum atomic E-state index is 0.633. The lowest BCUT2D eigenvalue weighted by Gasteiger charge is -2.04. The van der Waals surface area contributed by atoms with E-state index < -0.39 is 0 Å². The van der Waals surface area contributed by atoms with Crippen LogP contribution in [0.5, 0.6) is 0 Å². The summed E-state index contributed by atoms with van der Waals surface area (Å²) in [6, 6.07) is 8.68. The first-order chi connectivity index (χ1) is 5.24. The maximum Gasteiger partial charge on any atom is 0.0997 e. The highest BCUT2D eigenvalue weighted by Gasteiger charge is 1.97. The molecule has 11 heavy (non-hydrogen) atoms. The van der Waals surface area contributed by atoms with Gasteiger partial charge in [0.25, 0.3) is 0 Å². The van der Waals surface area contributed by atoms with Crippen LogP contribution in [0.25, 0.3) is 0 Å². The Morgan fingerprint density at radius 1 is 1.18 bits per heavy atom. The fraction of sp³-hybridized carbons (Fsp3) is 0.400. The van der Waals surface area contributed by atoms with Crippen molar-refractivity contribution in [3.63, 3.8) is 0 Å². The summed E-state index contributed by atoms with van der Waals surface area (Å²) >= 11 is 0. The van der Waals surface area contributed by atoms with Gasteiger partial charge in [0.2, 0.25) is 0 Å². The Bertz CT molecular complexity index is 211. The van der Waals surface area contributed by atoms with Gasteiger partial charge in [0.05, 0.1) is 6.54 Å². The molecule has 0 aliphatic rings. The second-order valence-electron chi connectivity index (χ2n) is 3.15. The molecule has 0 atom stereocenters. The van der Waals surface area contributed by atoms with E-state index >= 15 is 0 Å². The molecule has 1 heteroatoms. The molecule has 0 aromatic heterocycles. The second kappa shape index (κ2) is 3.54. The summed E-state index contributed by atoms with van der Waals surface area (Å²) in [5, 5.41) is 0. The largest absolute Gasteiger partial charge is 0.354 e. The molecule has 0 bridgehead atoms. The van der Waals surface area contributed by atoms with Crippen LogP contribution in [-0.2, 0) is 6.54 Å². The molecule has 1 nitrogen and oxygen atoms in total. The highest BCUT2D eigenvalue weighted by Crippen LogP contribution is 2.13. The highest BCUT2D eigenvalue weighted by atomic mass is 14.5. The number of quaternary nitrogens is 1. The molecule has 0 amide bonds.